The van der Waals surface area contributed by atoms with E-state index >= 15 is 0 Å². The lowest BCUT2D eigenvalue weighted by molar-refractivity contribution is -0.384. The predicted molar refractivity (Wildman–Crippen MR) is 75.9 cm³/mol. The molecule has 1 amide bonds. The Kier molecular flexibility index (Phi) is 4.73. The van der Waals surface area contributed by atoms with Gasteiger partial charge in [-0.2, -0.15) is 13.2 Å². The van der Waals surface area contributed by atoms with Crippen molar-refractivity contribution in [2.45, 2.75) is 18.6 Å². The summed E-state index contributed by atoms with van der Waals surface area (Å²) < 4.78 is 37.0. The Hall–Kier alpha value is -2.36. The zero-order valence-electron chi connectivity index (χ0n) is 12.0. The molecule has 2 rings (SSSR count). The number of hydrogen-bond acceptors (Lipinski definition) is 5. The number of hydrogen-bond donors (Lipinski definition) is 2. The second-order valence-corrected chi connectivity index (χ2v) is 5.34. The number of non-ortho nitro benzene ring substituents is 1. The number of nitro benzene ring substituents is 1. The van der Waals surface area contributed by atoms with Crippen molar-refractivity contribution < 1.29 is 22.9 Å². The van der Waals surface area contributed by atoms with Crippen molar-refractivity contribution in [1.82, 2.24) is 10.2 Å². The van der Waals surface area contributed by atoms with E-state index in [1.54, 1.807) is 0 Å². The summed E-state index contributed by atoms with van der Waals surface area (Å²) >= 11 is 0. The van der Waals surface area contributed by atoms with E-state index in [2.05, 4.69) is 5.32 Å². The van der Waals surface area contributed by atoms with Gasteiger partial charge in [-0.3, -0.25) is 19.8 Å². The van der Waals surface area contributed by atoms with Crippen LogP contribution >= 0.6 is 0 Å². The number of nitro groups is 1. The van der Waals surface area contributed by atoms with Crippen LogP contribution in [-0.2, 0) is 0 Å². The first kappa shape index (κ1) is 17.0. The Morgan fingerprint density at radius 2 is 2.17 bits per heavy atom. The first-order valence-electron chi connectivity index (χ1n) is 6.79. The lowest BCUT2D eigenvalue weighted by atomic mass is 10.1. The summed E-state index contributed by atoms with van der Waals surface area (Å²) in [5.41, 5.74) is 5.36. The van der Waals surface area contributed by atoms with Crippen molar-refractivity contribution in [3.8, 4) is 0 Å². The minimum Gasteiger partial charge on any atom is -0.398 e. The molecule has 7 nitrogen and oxygen atoms in total. The minimum absolute atomic E-state index is 0.0616. The van der Waals surface area contributed by atoms with Gasteiger partial charge in [-0.1, -0.05) is 0 Å². The van der Waals surface area contributed by atoms with Crippen LogP contribution < -0.4 is 11.1 Å². The summed E-state index contributed by atoms with van der Waals surface area (Å²) in [6.45, 7) is -0.743. The number of carbonyl (C=O) groups is 1. The normalized spacial score (nSPS) is 18.8. The second-order valence-electron chi connectivity index (χ2n) is 5.34. The van der Waals surface area contributed by atoms with Gasteiger partial charge in [0.1, 0.15) is 0 Å². The van der Waals surface area contributed by atoms with Crippen LogP contribution in [0.4, 0.5) is 24.5 Å². The molecule has 0 radical (unpaired) electrons. The fourth-order valence-electron chi connectivity index (χ4n) is 2.47. The molecule has 1 aliphatic rings. The van der Waals surface area contributed by atoms with E-state index in [1.807, 2.05) is 0 Å². The van der Waals surface area contributed by atoms with Crippen molar-refractivity contribution in [2.75, 3.05) is 25.4 Å². The molecule has 0 bridgehead atoms. The molecule has 0 aromatic heterocycles. The van der Waals surface area contributed by atoms with Crippen molar-refractivity contribution in [3.05, 3.63) is 33.9 Å². The van der Waals surface area contributed by atoms with Gasteiger partial charge in [-0.15, -0.1) is 0 Å². The van der Waals surface area contributed by atoms with Crippen LogP contribution in [0.2, 0.25) is 0 Å². The molecule has 23 heavy (non-hydrogen) atoms. The summed E-state index contributed by atoms with van der Waals surface area (Å²) in [4.78, 5) is 23.4. The molecule has 1 aromatic rings. The quantitative estimate of drug-likeness (QED) is 0.495. The molecule has 0 aliphatic carbocycles. The van der Waals surface area contributed by atoms with E-state index in [4.69, 9.17) is 5.73 Å². The SMILES string of the molecule is Nc1ccc([N+](=O)[O-])cc1C(=O)N[C@H]1CCN(CC(F)(F)F)C1. The molecule has 3 N–H and O–H groups in total. The van der Waals surface area contributed by atoms with Crippen LogP contribution in [0.1, 0.15) is 16.8 Å². The highest BCUT2D eigenvalue weighted by Gasteiger charge is 2.34. The fourth-order valence-corrected chi connectivity index (χ4v) is 2.47. The number of amides is 1. The van der Waals surface area contributed by atoms with E-state index in [0.717, 1.165) is 6.07 Å². The first-order valence-corrected chi connectivity index (χ1v) is 6.79. The third-order valence-corrected chi connectivity index (χ3v) is 3.50. The number of carbonyl (C=O) groups excluding carboxylic acids is 1. The number of nitrogens with zero attached hydrogens (tertiary/aromatic N) is 2. The molecular weight excluding hydrogens is 317 g/mol. The van der Waals surface area contributed by atoms with Crippen LogP contribution in [0, 0.1) is 10.1 Å². The van der Waals surface area contributed by atoms with Crippen LogP contribution in [0.3, 0.4) is 0 Å². The monoisotopic (exact) mass is 332 g/mol. The van der Waals surface area contributed by atoms with Crippen LogP contribution in [0.15, 0.2) is 18.2 Å². The van der Waals surface area contributed by atoms with Gasteiger partial charge >= 0.3 is 6.18 Å². The topological polar surface area (TPSA) is 101 Å². The van der Waals surface area contributed by atoms with Gasteiger partial charge < -0.3 is 11.1 Å². The molecule has 10 heteroatoms. The Labute approximate surface area is 129 Å². The average Bonchev–Trinajstić information content (AvgIpc) is 2.83. The smallest absolute Gasteiger partial charge is 0.398 e. The number of nitrogens with one attached hydrogen (secondary N) is 1. The van der Waals surface area contributed by atoms with E-state index in [0.29, 0.717) is 6.42 Å². The number of nitrogen functional groups attached to an aromatic ring is 1. The molecule has 1 aliphatic heterocycles. The Morgan fingerprint density at radius 3 is 2.78 bits per heavy atom. The number of anilines is 1. The zero-order chi connectivity index (χ0) is 17.2. The summed E-state index contributed by atoms with van der Waals surface area (Å²) in [5.74, 6) is -0.634. The molecule has 1 saturated heterocycles. The van der Waals surface area contributed by atoms with Gasteiger partial charge in [0.2, 0.25) is 0 Å². The van der Waals surface area contributed by atoms with Gasteiger partial charge in [0.25, 0.3) is 11.6 Å². The molecule has 0 saturated carbocycles. The van der Waals surface area contributed by atoms with Crippen LogP contribution in [0.25, 0.3) is 0 Å². The molecule has 0 unspecified atom stereocenters. The molecule has 1 heterocycles. The third kappa shape index (κ3) is 4.55. The van der Waals surface area contributed by atoms with Gasteiger partial charge in [0.05, 0.1) is 17.0 Å². The van der Waals surface area contributed by atoms with E-state index < -0.39 is 29.6 Å². The largest absolute Gasteiger partial charge is 0.401 e. The second kappa shape index (κ2) is 6.41. The number of benzene rings is 1. The Bertz CT molecular complexity index is 621. The number of rotatable bonds is 4. The number of likely N-dealkylation sites (tertiary alicyclic amines) is 1. The average molecular weight is 332 g/mol. The Morgan fingerprint density at radius 1 is 1.48 bits per heavy atom. The number of halogens is 3. The van der Waals surface area contributed by atoms with Crippen molar-refractivity contribution in [1.29, 1.82) is 0 Å². The van der Waals surface area contributed by atoms with Gasteiger partial charge in [0, 0.05) is 37.0 Å². The maximum atomic E-state index is 12.3. The Balaban J connectivity index is 2.00. The van der Waals surface area contributed by atoms with Crippen LogP contribution in [-0.4, -0.2) is 47.6 Å². The highest BCUT2D eigenvalue weighted by Crippen LogP contribution is 2.22. The lowest BCUT2D eigenvalue weighted by Gasteiger charge is -2.18. The lowest BCUT2D eigenvalue weighted by Crippen LogP contribution is -2.39. The van der Waals surface area contributed by atoms with Gasteiger partial charge in [-0.25, -0.2) is 0 Å². The third-order valence-electron chi connectivity index (χ3n) is 3.50. The van der Waals surface area contributed by atoms with Crippen molar-refractivity contribution >= 4 is 17.3 Å². The summed E-state index contributed by atoms with van der Waals surface area (Å²) in [5, 5.41) is 13.3. The maximum absolute atomic E-state index is 12.3. The maximum Gasteiger partial charge on any atom is 0.401 e. The van der Waals surface area contributed by atoms with Crippen LogP contribution in [0.5, 0.6) is 0 Å². The van der Waals surface area contributed by atoms with E-state index in [1.165, 1.54) is 17.0 Å². The molecule has 1 fully saturated rings. The highest BCUT2D eigenvalue weighted by atomic mass is 19.4. The number of nitrogens with two attached hydrogens (primary N) is 1. The minimum atomic E-state index is -4.29. The molecule has 1 aromatic carbocycles. The summed E-state index contributed by atoms with van der Waals surface area (Å²) in [7, 11) is 0. The fraction of sp³-hybridized carbons (Fsp3) is 0.462. The summed E-state index contributed by atoms with van der Waals surface area (Å²) in [6.07, 6.45) is -3.92. The van der Waals surface area contributed by atoms with Crippen molar-refractivity contribution in [2.24, 2.45) is 0 Å². The standard InChI is InChI=1S/C13H15F3N4O3/c14-13(15,16)7-19-4-3-8(6-19)18-12(21)10-5-9(20(22)23)1-2-11(10)17/h1-2,5,8H,3-4,6-7,17H2,(H,18,21)/t8-/m0/s1. The van der Waals surface area contributed by atoms with E-state index in [9.17, 15) is 28.1 Å². The molecular formula is C13H15F3N4O3. The predicted octanol–water partition coefficient (Wildman–Crippen LogP) is 1.54. The van der Waals surface area contributed by atoms with Gasteiger partial charge in [-0.05, 0) is 12.5 Å². The zero-order valence-corrected chi connectivity index (χ0v) is 12.0. The molecule has 1 atom stereocenters. The number of alkyl halides is 3. The molecule has 0 spiro atoms. The summed E-state index contributed by atoms with van der Waals surface area (Å²) in [6, 6.07) is 3.01. The van der Waals surface area contributed by atoms with E-state index in [-0.39, 0.29) is 30.0 Å². The van der Waals surface area contributed by atoms with Gasteiger partial charge in [0.15, 0.2) is 0 Å². The molecule has 126 valence electrons. The first-order chi connectivity index (χ1) is 10.7. The highest BCUT2D eigenvalue weighted by molar-refractivity contribution is 6.00. The van der Waals surface area contributed by atoms with Crippen molar-refractivity contribution in [3.63, 3.8) is 0 Å².